The summed E-state index contributed by atoms with van der Waals surface area (Å²) in [6.45, 7) is 13.9. The zero-order valence-corrected chi connectivity index (χ0v) is 24.8. The lowest BCUT2D eigenvalue weighted by molar-refractivity contribution is -0.274. The highest BCUT2D eigenvalue weighted by molar-refractivity contribution is 5.16. The highest BCUT2D eigenvalue weighted by Crippen LogP contribution is 2.31. The van der Waals surface area contributed by atoms with Crippen LogP contribution in [0, 0.1) is 0 Å². The summed E-state index contributed by atoms with van der Waals surface area (Å²) in [5, 5.41) is 0. The van der Waals surface area contributed by atoms with Gasteiger partial charge in [-0.3, -0.25) is 0 Å². The number of hydrogen-bond acceptors (Lipinski definition) is 6. The first-order valence-corrected chi connectivity index (χ1v) is 14.7. The van der Waals surface area contributed by atoms with Gasteiger partial charge in [-0.05, 0) is 36.1 Å². The molecular formula is C36H44O6. The van der Waals surface area contributed by atoms with Gasteiger partial charge in [0.2, 0.25) is 0 Å². The van der Waals surface area contributed by atoms with Crippen LogP contribution in [-0.2, 0) is 48.2 Å². The molecule has 0 aromatic heterocycles. The van der Waals surface area contributed by atoms with E-state index in [9.17, 15) is 0 Å². The molecule has 3 aromatic carbocycles. The molecule has 1 saturated heterocycles. The third kappa shape index (κ3) is 9.73. The summed E-state index contributed by atoms with van der Waals surface area (Å²) in [7, 11) is 0. The zero-order valence-electron chi connectivity index (χ0n) is 24.8. The van der Waals surface area contributed by atoms with Crippen molar-refractivity contribution in [1.29, 1.82) is 0 Å². The molecule has 0 spiro atoms. The van der Waals surface area contributed by atoms with E-state index >= 15 is 0 Å². The summed E-state index contributed by atoms with van der Waals surface area (Å²) in [6.07, 6.45) is -0.0793. The van der Waals surface area contributed by atoms with Crippen molar-refractivity contribution in [2.75, 3.05) is 13.2 Å². The normalized spacial score (nSPS) is 22.9. The van der Waals surface area contributed by atoms with E-state index < -0.39 is 24.6 Å². The molecule has 1 aliphatic rings. The smallest absolute Gasteiger partial charge is 0.177 e. The Labute approximate surface area is 250 Å². The predicted molar refractivity (Wildman–Crippen MR) is 165 cm³/mol. The highest BCUT2D eigenvalue weighted by atomic mass is 16.7. The Hall–Kier alpha value is -3.10. The Balaban J connectivity index is 1.55. The molecular weight excluding hydrogens is 528 g/mol. The van der Waals surface area contributed by atoms with Gasteiger partial charge in [-0.15, -0.1) is 0 Å². The van der Waals surface area contributed by atoms with Crippen molar-refractivity contribution < 1.29 is 28.4 Å². The van der Waals surface area contributed by atoms with Gasteiger partial charge in [-0.1, -0.05) is 117 Å². The van der Waals surface area contributed by atoms with Crippen molar-refractivity contribution in [3.63, 3.8) is 0 Å². The molecule has 0 aliphatic carbocycles. The standard InChI is InChI=1S/C36H44O6/c1-5-27(3)22-37-33(6-2)38-26-32-35(40-24-30-18-12-8-13-19-30)36(41-25-31-20-14-9-15-21-31)34(28(4)42-32)39-23-29-16-10-7-11-17-29/h6-21,28,32-36H,2-3,5,22-26H2,1,4H3/t28-,32+,33+,34-,35+,36+/m0/s1. The summed E-state index contributed by atoms with van der Waals surface area (Å²) in [6, 6.07) is 30.3. The van der Waals surface area contributed by atoms with Crippen molar-refractivity contribution in [1.82, 2.24) is 0 Å². The molecule has 0 radical (unpaired) electrons. The van der Waals surface area contributed by atoms with Gasteiger partial charge in [0.05, 0.1) is 39.1 Å². The van der Waals surface area contributed by atoms with Crippen molar-refractivity contribution in [3.05, 3.63) is 132 Å². The molecule has 1 heterocycles. The van der Waals surface area contributed by atoms with Crippen LogP contribution in [0.5, 0.6) is 0 Å². The summed E-state index contributed by atoms with van der Waals surface area (Å²) < 4.78 is 38.3. The Morgan fingerprint density at radius 3 is 1.69 bits per heavy atom. The van der Waals surface area contributed by atoms with Gasteiger partial charge in [-0.25, -0.2) is 0 Å². The maximum Gasteiger partial charge on any atom is 0.177 e. The number of hydrogen-bond donors (Lipinski definition) is 0. The van der Waals surface area contributed by atoms with Gasteiger partial charge in [0.1, 0.15) is 24.4 Å². The summed E-state index contributed by atoms with van der Waals surface area (Å²) in [5.41, 5.74) is 4.21. The third-order valence-corrected chi connectivity index (χ3v) is 7.29. The van der Waals surface area contributed by atoms with Crippen LogP contribution in [0.25, 0.3) is 0 Å². The Kier molecular flexibility index (Phi) is 13.0. The van der Waals surface area contributed by atoms with Gasteiger partial charge < -0.3 is 28.4 Å². The van der Waals surface area contributed by atoms with E-state index in [4.69, 9.17) is 28.4 Å². The molecule has 42 heavy (non-hydrogen) atoms. The first-order chi connectivity index (χ1) is 20.6. The highest BCUT2D eigenvalue weighted by Gasteiger charge is 2.47. The summed E-state index contributed by atoms with van der Waals surface area (Å²) >= 11 is 0. The maximum atomic E-state index is 6.65. The van der Waals surface area contributed by atoms with Crippen LogP contribution in [0.2, 0.25) is 0 Å². The lowest BCUT2D eigenvalue weighted by atomic mass is 9.94. The minimum atomic E-state index is -0.599. The lowest BCUT2D eigenvalue weighted by Gasteiger charge is -2.45. The van der Waals surface area contributed by atoms with Crippen LogP contribution in [0.3, 0.4) is 0 Å². The Morgan fingerprint density at radius 2 is 1.21 bits per heavy atom. The molecule has 1 fully saturated rings. The molecule has 0 amide bonds. The van der Waals surface area contributed by atoms with Crippen molar-refractivity contribution in [3.8, 4) is 0 Å². The molecule has 0 N–H and O–H groups in total. The minimum absolute atomic E-state index is 0.232. The van der Waals surface area contributed by atoms with Gasteiger partial charge in [-0.2, -0.15) is 0 Å². The molecule has 3 aromatic rings. The zero-order chi connectivity index (χ0) is 29.6. The third-order valence-electron chi connectivity index (χ3n) is 7.29. The SMILES string of the molecule is C=C[C@H](OCC(=C)CC)OC[C@H]1O[C@@H](C)[C@H](OCc2ccccc2)[C@@H](OCc2ccccc2)[C@@H]1OCc1ccccc1. The lowest BCUT2D eigenvalue weighted by Crippen LogP contribution is -2.60. The fourth-order valence-corrected chi connectivity index (χ4v) is 4.83. The van der Waals surface area contributed by atoms with Gasteiger partial charge in [0, 0.05) is 0 Å². The van der Waals surface area contributed by atoms with E-state index in [1.165, 1.54) is 0 Å². The molecule has 1 aliphatic heterocycles. The predicted octanol–water partition coefficient (Wildman–Crippen LogP) is 7.04. The largest absolute Gasteiger partial charge is 0.368 e. The molecule has 0 bridgehead atoms. The monoisotopic (exact) mass is 572 g/mol. The van der Waals surface area contributed by atoms with E-state index in [1.807, 2.05) is 80.6 Å². The van der Waals surface area contributed by atoms with E-state index in [2.05, 4.69) is 37.4 Å². The van der Waals surface area contributed by atoms with Crippen LogP contribution in [0.1, 0.15) is 37.0 Å². The van der Waals surface area contributed by atoms with Crippen LogP contribution < -0.4 is 0 Å². The average Bonchev–Trinajstić information content (AvgIpc) is 3.04. The summed E-state index contributed by atoms with van der Waals surface area (Å²) in [5.74, 6) is 0. The van der Waals surface area contributed by atoms with Gasteiger partial charge in [0.25, 0.3) is 0 Å². The summed E-state index contributed by atoms with van der Waals surface area (Å²) in [4.78, 5) is 0. The van der Waals surface area contributed by atoms with E-state index in [1.54, 1.807) is 6.08 Å². The molecule has 4 rings (SSSR count). The topological polar surface area (TPSA) is 55.4 Å². The van der Waals surface area contributed by atoms with Crippen LogP contribution in [0.4, 0.5) is 0 Å². The molecule has 0 saturated carbocycles. The molecule has 224 valence electrons. The number of rotatable bonds is 17. The molecule has 6 atom stereocenters. The molecule has 6 nitrogen and oxygen atoms in total. The van der Waals surface area contributed by atoms with Crippen molar-refractivity contribution >= 4 is 0 Å². The second-order valence-electron chi connectivity index (χ2n) is 10.5. The van der Waals surface area contributed by atoms with Crippen molar-refractivity contribution in [2.45, 2.75) is 76.9 Å². The number of benzene rings is 3. The fourth-order valence-electron chi connectivity index (χ4n) is 4.83. The second kappa shape index (κ2) is 17.1. The second-order valence-corrected chi connectivity index (χ2v) is 10.5. The first kappa shape index (κ1) is 31.8. The minimum Gasteiger partial charge on any atom is -0.368 e. The quantitative estimate of drug-likeness (QED) is 0.128. The van der Waals surface area contributed by atoms with E-state index in [0.717, 1.165) is 28.7 Å². The van der Waals surface area contributed by atoms with Gasteiger partial charge >= 0.3 is 0 Å². The Morgan fingerprint density at radius 1 is 0.738 bits per heavy atom. The maximum absolute atomic E-state index is 6.65. The van der Waals surface area contributed by atoms with Crippen LogP contribution in [0.15, 0.2) is 116 Å². The fraction of sp³-hybridized carbons (Fsp3) is 0.389. The average molecular weight is 573 g/mol. The van der Waals surface area contributed by atoms with Crippen LogP contribution in [-0.4, -0.2) is 50.0 Å². The van der Waals surface area contributed by atoms with E-state index in [0.29, 0.717) is 26.4 Å². The Bertz CT molecular complexity index is 1190. The van der Waals surface area contributed by atoms with E-state index in [-0.39, 0.29) is 18.8 Å². The van der Waals surface area contributed by atoms with Gasteiger partial charge in [0.15, 0.2) is 6.29 Å². The van der Waals surface area contributed by atoms with Crippen molar-refractivity contribution in [2.24, 2.45) is 0 Å². The number of ether oxygens (including phenoxy) is 6. The molecule has 6 heteroatoms. The van der Waals surface area contributed by atoms with Crippen LogP contribution >= 0.6 is 0 Å². The molecule has 0 unspecified atom stereocenters. The first-order valence-electron chi connectivity index (χ1n) is 14.7.